The molecule has 0 spiro atoms. The number of aromatic nitrogens is 3. The second-order valence-electron chi connectivity index (χ2n) is 12.4. The Morgan fingerprint density at radius 1 is 1.16 bits per heavy atom. The number of anilines is 1. The molecule has 3 fully saturated rings. The maximum Gasteiger partial charge on any atom is 0.319 e. The number of methoxy groups -OCH3 is 1. The molecule has 0 saturated carbocycles. The number of rotatable bonds is 7. The van der Waals surface area contributed by atoms with Gasteiger partial charge in [-0.05, 0) is 61.7 Å². The van der Waals surface area contributed by atoms with E-state index in [0.29, 0.717) is 49.3 Å². The molecule has 0 bridgehead atoms. The molecular formula is C34H34F3N5O3. The van der Waals surface area contributed by atoms with Gasteiger partial charge in [-0.15, -0.1) is 6.42 Å². The second kappa shape index (κ2) is 11.7. The molecule has 8 nitrogen and oxygen atoms in total. The van der Waals surface area contributed by atoms with Crippen LogP contribution in [0.25, 0.3) is 32.9 Å². The molecule has 3 aliphatic heterocycles. The van der Waals surface area contributed by atoms with Crippen LogP contribution in [0.15, 0.2) is 30.5 Å². The molecule has 2 aromatic carbocycles. The number of nitrogens with zero attached hydrogens (tertiary/aromatic N) is 5. The van der Waals surface area contributed by atoms with Crippen molar-refractivity contribution in [3.8, 4) is 35.4 Å². The van der Waals surface area contributed by atoms with Crippen molar-refractivity contribution in [2.45, 2.75) is 43.8 Å². The summed E-state index contributed by atoms with van der Waals surface area (Å²) in [5, 5.41) is 11.6. The predicted molar refractivity (Wildman–Crippen MR) is 165 cm³/mol. The molecule has 1 N–H and O–H groups in total. The molecule has 11 heteroatoms. The molecule has 4 aromatic rings. The highest BCUT2D eigenvalue weighted by atomic mass is 19.1. The van der Waals surface area contributed by atoms with Gasteiger partial charge in [0.25, 0.3) is 0 Å². The number of fused-ring (bicyclic) bond motifs is 3. The van der Waals surface area contributed by atoms with Crippen molar-refractivity contribution in [2.24, 2.45) is 5.92 Å². The molecule has 5 heterocycles. The monoisotopic (exact) mass is 617 g/mol. The molecule has 2 aromatic heterocycles. The van der Waals surface area contributed by atoms with Crippen molar-refractivity contribution in [2.75, 3.05) is 51.4 Å². The van der Waals surface area contributed by atoms with Crippen molar-refractivity contribution < 1.29 is 27.8 Å². The summed E-state index contributed by atoms with van der Waals surface area (Å²) in [7, 11) is 1.67. The van der Waals surface area contributed by atoms with Gasteiger partial charge in [0.1, 0.15) is 41.4 Å². The van der Waals surface area contributed by atoms with Crippen LogP contribution in [0.2, 0.25) is 0 Å². The molecule has 3 saturated heterocycles. The van der Waals surface area contributed by atoms with Crippen LogP contribution in [0.5, 0.6) is 11.8 Å². The van der Waals surface area contributed by atoms with Crippen LogP contribution in [-0.4, -0.2) is 83.2 Å². The molecule has 234 valence electrons. The van der Waals surface area contributed by atoms with Crippen LogP contribution in [0, 0.1) is 29.9 Å². The predicted octanol–water partition coefficient (Wildman–Crippen LogP) is 5.63. The quantitative estimate of drug-likeness (QED) is 0.268. The summed E-state index contributed by atoms with van der Waals surface area (Å²) in [5.74, 6) is 1.54. The Bertz CT molecular complexity index is 1830. The first kappa shape index (κ1) is 29.6. The third-order valence-electron chi connectivity index (χ3n) is 9.55. The third-order valence-corrected chi connectivity index (χ3v) is 9.55. The summed E-state index contributed by atoms with van der Waals surface area (Å²) in [5.41, 5.74) is -0.534. The van der Waals surface area contributed by atoms with Crippen molar-refractivity contribution in [1.82, 2.24) is 19.9 Å². The van der Waals surface area contributed by atoms with Crippen LogP contribution in [0.4, 0.5) is 19.0 Å². The Balaban J connectivity index is 1.37. The van der Waals surface area contributed by atoms with Gasteiger partial charge in [0.15, 0.2) is 5.82 Å². The van der Waals surface area contributed by atoms with Crippen molar-refractivity contribution >= 4 is 27.5 Å². The molecule has 3 aliphatic rings. The van der Waals surface area contributed by atoms with Crippen molar-refractivity contribution in [1.29, 1.82) is 0 Å². The van der Waals surface area contributed by atoms with Gasteiger partial charge < -0.3 is 19.5 Å². The molecule has 45 heavy (non-hydrogen) atoms. The zero-order chi connectivity index (χ0) is 31.3. The summed E-state index contributed by atoms with van der Waals surface area (Å²) in [6.07, 6.45) is 10.3. The summed E-state index contributed by atoms with van der Waals surface area (Å²) in [4.78, 5) is 18.0. The number of aromatic hydroxyl groups is 1. The van der Waals surface area contributed by atoms with Gasteiger partial charge in [0.2, 0.25) is 0 Å². The van der Waals surface area contributed by atoms with E-state index in [-0.39, 0.29) is 52.0 Å². The number of piperidine rings is 1. The number of alkyl halides is 1. The largest absolute Gasteiger partial charge is 0.508 e. The zero-order valence-electron chi connectivity index (χ0n) is 25.0. The number of ether oxygens (including phenoxy) is 2. The fourth-order valence-corrected chi connectivity index (χ4v) is 7.54. The Hall–Kier alpha value is -4.14. The fraction of sp³-hybridized carbons (Fsp3) is 0.441. The average Bonchev–Trinajstić information content (AvgIpc) is 3.56. The van der Waals surface area contributed by atoms with Gasteiger partial charge in [-0.3, -0.25) is 9.88 Å². The van der Waals surface area contributed by atoms with E-state index in [2.05, 4.69) is 25.7 Å². The topological polar surface area (TPSA) is 83.8 Å². The smallest absolute Gasteiger partial charge is 0.319 e. The Labute approximate surface area is 259 Å². The molecule has 7 rings (SSSR count). The van der Waals surface area contributed by atoms with Gasteiger partial charge >= 0.3 is 6.01 Å². The number of pyridine rings is 1. The zero-order valence-corrected chi connectivity index (χ0v) is 25.0. The maximum absolute atomic E-state index is 16.7. The van der Waals surface area contributed by atoms with E-state index in [1.807, 2.05) is 0 Å². The summed E-state index contributed by atoms with van der Waals surface area (Å²) < 4.78 is 57.6. The van der Waals surface area contributed by atoms with Gasteiger partial charge in [-0.1, -0.05) is 12.0 Å². The van der Waals surface area contributed by atoms with E-state index in [0.717, 1.165) is 32.2 Å². The lowest BCUT2D eigenvalue weighted by Crippen LogP contribution is -2.43. The number of hydrogen-bond donors (Lipinski definition) is 1. The van der Waals surface area contributed by atoms with Gasteiger partial charge in [0, 0.05) is 50.3 Å². The molecule has 0 unspecified atom stereocenters. The van der Waals surface area contributed by atoms with Crippen LogP contribution >= 0.6 is 0 Å². The van der Waals surface area contributed by atoms with E-state index in [9.17, 15) is 13.9 Å². The highest BCUT2D eigenvalue weighted by Gasteiger charge is 2.49. The summed E-state index contributed by atoms with van der Waals surface area (Å²) >= 11 is 0. The van der Waals surface area contributed by atoms with Crippen LogP contribution in [0.1, 0.15) is 37.7 Å². The lowest BCUT2D eigenvalue weighted by molar-refractivity contribution is 0.107. The number of terminal acetylenes is 1. The van der Waals surface area contributed by atoms with Crippen LogP contribution in [-0.2, 0) is 4.74 Å². The SMILES string of the molecule is C#Cc1c(F)ccc2cc(O)cc(-c3ncc4c(N5CCC[C@H](COC)C5)nc(OC[C@@]56CCCN5C[C@H](F)C6)nc4c3F)c12. The van der Waals surface area contributed by atoms with E-state index in [4.69, 9.17) is 20.9 Å². The van der Waals surface area contributed by atoms with E-state index in [1.54, 1.807) is 7.11 Å². The highest BCUT2D eigenvalue weighted by Crippen LogP contribution is 2.42. The van der Waals surface area contributed by atoms with Gasteiger partial charge in [0.05, 0.1) is 23.1 Å². The van der Waals surface area contributed by atoms with Gasteiger partial charge in [-0.25, -0.2) is 13.2 Å². The maximum atomic E-state index is 16.7. The highest BCUT2D eigenvalue weighted by molar-refractivity contribution is 6.03. The third kappa shape index (κ3) is 5.20. The number of phenols is 1. The Kier molecular flexibility index (Phi) is 7.66. The number of hydrogen-bond acceptors (Lipinski definition) is 8. The molecule has 0 amide bonds. The van der Waals surface area contributed by atoms with Gasteiger partial charge in [-0.2, -0.15) is 9.97 Å². The van der Waals surface area contributed by atoms with Crippen LogP contribution in [0.3, 0.4) is 0 Å². The van der Waals surface area contributed by atoms with Crippen molar-refractivity contribution in [3.63, 3.8) is 0 Å². The summed E-state index contributed by atoms with van der Waals surface area (Å²) in [6.45, 7) is 3.30. The second-order valence-corrected chi connectivity index (χ2v) is 12.4. The molecule has 0 radical (unpaired) electrons. The van der Waals surface area contributed by atoms with E-state index in [1.165, 1.54) is 30.5 Å². The summed E-state index contributed by atoms with van der Waals surface area (Å²) in [6, 6.07) is 5.43. The minimum absolute atomic E-state index is 0.0120. The standard InChI is InChI=1S/C34H34F3N5O3/c1-3-24-27(36)8-7-21-12-23(43)13-25(28(21)24)30-29(37)31-26(15-38-30)32(41-10-4-6-20(16-41)18-44-2)40-33(39-31)45-19-34-9-5-11-42(34)17-22(35)14-34/h1,7-8,12-13,15,20,22,43H,4-6,9-11,14,16-19H2,2H3/t20-,22+,34-/m0/s1. The average molecular weight is 618 g/mol. The van der Waals surface area contributed by atoms with E-state index < -0.39 is 23.3 Å². The molecule has 3 atom stereocenters. The van der Waals surface area contributed by atoms with Crippen LogP contribution < -0.4 is 9.64 Å². The fourth-order valence-electron chi connectivity index (χ4n) is 7.54. The number of phenolic OH excluding ortho intramolecular Hbond substituents is 1. The first-order chi connectivity index (χ1) is 21.8. The first-order valence-corrected chi connectivity index (χ1v) is 15.3. The lowest BCUT2D eigenvalue weighted by Gasteiger charge is -2.34. The molecule has 0 aliphatic carbocycles. The Morgan fingerprint density at radius 2 is 2.02 bits per heavy atom. The minimum atomic E-state index is -0.922. The lowest BCUT2D eigenvalue weighted by atomic mass is 9.95. The van der Waals surface area contributed by atoms with Crippen molar-refractivity contribution in [3.05, 3.63) is 47.7 Å². The first-order valence-electron chi connectivity index (χ1n) is 15.3. The number of benzene rings is 2. The van der Waals surface area contributed by atoms with E-state index >= 15 is 4.39 Å². The molecular weight excluding hydrogens is 583 g/mol. The normalized spacial score (nSPS) is 23.5. The minimum Gasteiger partial charge on any atom is -0.508 e. The Morgan fingerprint density at radius 3 is 2.84 bits per heavy atom. The number of halogens is 3.